The van der Waals surface area contributed by atoms with Crippen LogP contribution in [0, 0.1) is 12.7 Å². The lowest BCUT2D eigenvalue weighted by Crippen LogP contribution is -2.21. The predicted molar refractivity (Wildman–Crippen MR) is 122 cm³/mol. The van der Waals surface area contributed by atoms with Crippen LogP contribution in [-0.4, -0.2) is 20.4 Å². The van der Waals surface area contributed by atoms with E-state index in [4.69, 9.17) is 0 Å². The third-order valence-electron chi connectivity index (χ3n) is 4.88. The fourth-order valence-corrected chi connectivity index (χ4v) is 5.30. The molecule has 0 aliphatic heterocycles. The summed E-state index contributed by atoms with van der Waals surface area (Å²) < 4.78 is 15.9. The van der Waals surface area contributed by atoms with Gasteiger partial charge >= 0.3 is 0 Å². The second kappa shape index (κ2) is 7.68. The van der Waals surface area contributed by atoms with E-state index < -0.39 is 0 Å². The fourth-order valence-electron chi connectivity index (χ4n) is 3.40. The predicted octanol–water partition coefficient (Wildman–Crippen LogP) is 4.82. The maximum Gasteiger partial charge on any atom is 0.267 e. The van der Waals surface area contributed by atoms with E-state index in [9.17, 15) is 14.0 Å². The summed E-state index contributed by atoms with van der Waals surface area (Å²) in [5.74, 6) is -0.684. The van der Waals surface area contributed by atoms with Crippen molar-refractivity contribution in [1.29, 1.82) is 0 Å². The van der Waals surface area contributed by atoms with Gasteiger partial charge in [-0.25, -0.2) is 14.4 Å². The second-order valence-electron chi connectivity index (χ2n) is 6.98. The highest BCUT2D eigenvalue weighted by Crippen LogP contribution is 2.30. The number of nitrogens with one attached hydrogen (secondary N) is 1. The van der Waals surface area contributed by atoms with E-state index >= 15 is 0 Å². The number of carbonyl (C=O) groups is 1. The Morgan fingerprint density at radius 2 is 2.00 bits per heavy atom. The van der Waals surface area contributed by atoms with Gasteiger partial charge < -0.3 is 0 Å². The van der Waals surface area contributed by atoms with Gasteiger partial charge in [-0.05, 0) is 42.3 Å². The van der Waals surface area contributed by atoms with Crippen molar-refractivity contribution in [2.45, 2.75) is 13.5 Å². The Morgan fingerprint density at radius 3 is 2.81 bits per heavy atom. The van der Waals surface area contributed by atoms with Gasteiger partial charge in [-0.3, -0.25) is 19.5 Å². The summed E-state index contributed by atoms with van der Waals surface area (Å²) in [5.41, 5.74) is 1.79. The molecule has 0 saturated carbocycles. The normalized spacial score (nSPS) is 11.3. The molecule has 154 valence electrons. The molecule has 0 aliphatic rings. The fraction of sp³-hybridized carbons (Fsp3) is 0.0909. The van der Waals surface area contributed by atoms with E-state index in [0.717, 1.165) is 10.2 Å². The van der Waals surface area contributed by atoms with Gasteiger partial charge in [0, 0.05) is 0 Å². The number of aryl methyl sites for hydroxylation is 1. The number of fused-ring (bicyclic) bond motifs is 2. The molecule has 3 heterocycles. The smallest absolute Gasteiger partial charge is 0.267 e. The molecule has 0 radical (unpaired) electrons. The number of hydrogen-bond acceptors (Lipinski definition) is 6. The van der Waals surface area contributed by atoms with Gasteiger partial charge in [0.1, 0.15) is 10.6 Å². The molecule has 0 unspecified atom stereocenters. The van der Waals surface area contributed by atoms with Gasteiger partial charge in [-0.15, -0.1) is 11.3 Å². The lowest BCUT2D eigenvalue weighted by Gasteiger charge is -2.06. The van der Waals surface area contributed by atoms with E-state index in [-0.39, 0.29) is 23.8 Å². The van der Waals surface area contributed by atoms with Gasteiger partial charge in [0.2, 0.25) is 0 Å². The van der Waals surface area contributed by atoms with Crippen molar-refractivity contribution in [2.24, 2.45) is 0 Å². The van der Waals surface area contributed by atoms with Crippen molar-refractivity contribution in [1.82, 2.24) is 14.5 Å². The van der Waals surface area contributed by atoms with Gasteiger partial charge in [0.25, 0.3) is 11.5 Å². The molecule has 5 rings (SSSR count). The maximum atomic E-state index is 13.5. The summed E-state index contributed by atoms with van der Waals surface area (Å²) in [5, 5.41) is 3.73. The summed E-state index contributed by atoms with van der Waals surface area (Å²) in [6, 6.07) is 13.7. The number of nitrogens with zero attached hydrogens (tertiary/aromatic N) is 3. The Morgan fingerprint density at radius 1 is 1.16 bits per heavy atom. The number of para-hydroxylation sites is 1. The van der Waals surface area contributed by atoms with Crippen LogP contribution >= 0.6 is 22.7 Å². The van der Waals surface area contributed by atoms with Crippen molar-refractivity contribution in [3.05, 3.63) is 87.0 Å². The number of thiazole rings is 1. The average Bonchev–Trinajstić information content (AvgIpc) is 3.30. The van der Waals surface area contributed by atoms with E-state index in [1.807, 2.05) is 24.3 Å². The number of anilines is 1. The first-order valence-corrected chi connectivity index (χ1v) is 11.0. The monoisotopic (exact) mass is 450 g/mol. The number of halogens is 1. The molecule has 0 atom stereocenters. The summed E-state index contributed by atoms with van der Waals surface area (Å²) in [6.07, 6.45) is 1.43. The number of hydrogen-bond donors (Lipinski definition) is 1. The number of amides is 1. The highest BCUT2D eigenvalue weighted by Gasteiger charge is 2.20. The van der Waals surface area contributed by atoms with E-state index in [1.165, 1.54) is 45.7 Å². The lowest BCUT2D eigenvalue weighted by molar-refractivity contribution is 0.103. The van der Waals surface area contributed by atoms with Crippen LogP contribution in [0.15, 0.2) is 59.7 Å². The highest BCUT2D eigenvalue weighted by atomic mass is 32.1. The minimum absolute atomic E-state index is 0.196. The third kappa shape index (κ3) is 3.62. The molecular weight excluding hydrogens is 435 g/mol. The first-order chi connectivity index (χ1) is 15.0. The molecule has 9 heteroatoms. The minimum Gasteiger partial charge on any atom is -0.297 e. The van der Waals surface area contributed by atoms with Crippen LogP contribution in [0.2, 0.25) is 0 Å². The molecule has 0 spiro atoms. The van der Waals surface area contributed by atoms with Crippen LogP contribution in [0.4, 0.5) is 9.52 Å². The molecule has 0 bridgehead atoms. The zero-order valence-corrected chi connectivity index (χ0v) is 17.9. The van der Waals surface area contributed by atoms with Gasteiger partial charge in [-0.1, -0.05) is 35.6 Å². The summed E-state index contributed by atoms with van der Waals surface area (Å²) >= 11 is 2.56. The molecule has 31 heavy (non-hydrogen) atoms. The molecule has 3 aromatic heterocycles. The number of carbonyl (C=O) groups excluding carboxylic acids is 1. The Balaban J connectivity index is 1.48. The third-order valence-corrected chi connectivity index (χ3v) is 7.03. The van der Waals surface area contributed by atoms with E-state index in [2.05, 4.69) is 15.3 Å². The van der Waals surface area contributed by atoms with Crippen molar-refractivity contribution in [2.75, 3.05) is 5.32 Å². The molecule has 0 aliphatic carbocycles. The summed E-state index contributed by atoms with van der Waals surface area (Å²) in [6.45, 7) is 1.93. The molecular formula is C22H15FN4O2S2. The Labute approximate surface area is 183 Å². The zero-order valence-electron chi connectivity index (χ0n) is 16.3. The van der Waals surface area contributed by atoms with Crippen LogP contribution < -0.4 is 10.9 Å². The SMILES string of the molecule is Cc1c(C(=O)Nc2nc3ccccc3s2)sc2ncn(Cc3cccc(F)c3)c(=O)c12. The van der Waals surface area contributed by atoms with Crippen LogP contribution in [0.3, 0.4) is 0 Å². The number of rotatable bonds is 4. The lowest BCUT2D eigenvalue weighted by atomic mass is 10.2. The quantitative estimate of drug-likeness (QED) is 0.426. The van der Waals surface area contributed by atoms with Gasteiger partial charge in [-0.2, -0.15) is 0 Å². The van der Waals surface area contributed by atoms with Crippen LogP contribution in [0.5, 0.6) is 0 Å². The first kappa shape index (κ1) is 19.5. The Kier molecular flexibility index (Phi) is 4.84. The summed E-state index contributed by atoms with van der Waals surface area (Å²) in [4.78, 5) is 35.6. The van der Waals surface area contributed by atoms with Crippen LogP contribution in [0.25, 0.3) is 20.4 Å². The second-order valence-corrected chi connectivity index (χ2v) is 9.01. The topological polar surface area (TPSA) is 76.9 Å². The molecule has 0 fully saturated rings. The standard InChI is InChI=1S/C22H15FN4O2S2/c1-12-17-20(24-11-27(21(17)29)10-13-5-4-6-14(23)9-13)31-18(12)19(28)26-22-25-15-7-2-3-8-16(15)30-22/h2-9,11H,10H2,1H3,(H,25,26,28). The largest absolute Gasteiger partial charge is 0.297 e. The van der Waals surface area contributed by atoms with Crippen molar-refractivity contribution in [3.63, 3.8) is 0 Å². The van der Waals surface area contributed by atoms with Crippen LogP contribution in [-0.2, 0) is 6.54 Å². The highest BCUT2D eigenvalue weighted by molar-refractivity contribution is 7.23. The molecule has 1 N–H and O–H groups in total. The van der Waals surface area contributed by atoms with E-state index in [1.54, 1.807) is 19.1 Å². The van der Waals surface area contributed by atoms with Gasteiger partial charge in [0.05, 0.1) is 33.4 Å². The summed E-state index contributed by atoms with van der Waals surface area (Å²) in [7, 11) is 0. The zero-order chi connectivity index (χ0) is 21.5. The Bertz CT molecular complexity index is 1490. The molecule has 6 nitrogen and oxygen atoms in total. The first-order valence-electron chi connectivity index (χ1n) is 9.39. The van der Waals surface area contributed by atoms with Crippen LogP contribution in [0.1, 0.15) is 20.8 Å². The number of thiophene rings is 1. The van der Waals surface area contributed by atoms with E-state index in [0.29, 0.717) is 31.4 Å². The van der Waals surface area contributed by atoms with Crippen molar-refractivity contribution < 1.29 is 9.18 Å². The van der Waals surface area contributed by atoms with Gasteiger partial charge in [0.15, 0.2) is 5.13 Å². The minimum atomic E-state index is -0.361. The number of benzene rings is 2. The van der Waals surface area contributed by atoms with Crippen molar-refractivity contribution in [3.8, 4) is 0 Å². The average molecular weight is 451 g/mol. The molecule has 1 amide bonds. The Hall–Kier alpha value is -3.43. The maximum absolute atomic E-state index is 13.5. The van der Waals surface area contributed by atoms with Crippen molar-refractivity contribution >= 4 is 54.1 Å². The molecule has 2 aromatic carbocycles. The molecule has 0 saturated heterocycles. The molecule has 5 aromatic rings. The number of aromatic nitrogens is 3.